The van der Waals surface area contributed by atoms with E-state index >= 15 is 0 Å². The van der Waals surface area contributed by atoms with Crippen molar-refractivity contribution in [3.63, 3.8) is 0 Å². The lowest BCUT2D eigenvalue weighted by Gasteiger charge is -2.13. The van der Waals surface area contributed by atoms with E-state index in [0.29, 0.717) is 16.8 Å². The fourth-order valence-corrected chi connectivity index (χ4v) is 3.37. The average molecular weight is 261 g/mol. The van der Waals surface area contributed by atoms with Gasteiger partial charge in [0.05, 0.1) is 17.5 Å². The Hall–Kier alpha value is 0.140. The van der Waals surface area contributed by atoms with E-state index in [0.717, 1.165) is 6.61 Å². The van der Waals surface area contributed by atoms with Crippen LogP contribution < -0.4 is 0 Å². The van der Waals surface area contributed by atoms with Crippen LogP contribution in [0.2, 0.25) is 0 Å². The van der Waals surface area contributed by atoms with Gasteiger partial charge in [0.2, 0.25) is 0 Å². The summed E-state index contributed by atoms with van der Waals surface area (Å²) < 4.78 is 5.56. The molecule has 1 nitrogen and oxygen atoms in total. The second-order valence-electron chi connectivity index (χ2n) is 3.56. The second kappa shape index (κ2) is 4.11. The van der Waals surface area contributed by atoms with Gasteiger partial charge in [-0.3, -0.25) is 0 Å². The molecule has 1 aliphatic heterocycles. The number of halogens is 1. The van der Waals surface area contributed by atoms with Crippen LogP contribution in [0.5, 0.6) is 0 Å². The number of hydrogen-bond donors (Lipinski definition) is 0. The van der Waals surface area contributed by atoms with Crippen molar-refractivity contribution in [1.82, 2.24) is 0 Å². The summed E-state index contributed by atoms with van der Waals surface area (Å²) >= 11 is 5.57. The molecule has 0 aliphatic carbocycles. The van der Waals surface area contributed by atoms with Crippen molar-refractivity contribution in [2.24, 2.45) is 5.92 Å². The van der Waals surface area contributed by atoms with Crippen LogP contribution in [0.3, 0.4) is 0 Å². The molecule has 0 saturated carbocycles. The summed E-state index contributed by atoms with van der Waals surface area (Å²) in [4.78, 5) is 1.90. The Morgan fingerprint density at radius 2 is 2.54 bits per heavy atom. The Kier molecular flexibility index (Phi) is 3.06. The van der Waals surface area contributed by atoms with Gasteiger partial charge in [-0.2, -0.15) is 0 Å². The molecule has 1 aromatic heterocycles. The third-order valence-electron chi connectivity index (χ3n) is 2.46. The molecule has 2 heterocycles. The maximum absolute atomic E-state index is 5.56. The lowest BCUT2D eigenvalue weighted by molar-refractivity contribution is 0.120. The molecule has 3 heteroatoms. The zero-order valence-corrected chi connectivity index (χ0v) is 9.98. The number of hydrogen-bond acceptors (Lipinski definition) is 2. The van der Waals surface area contributed by atoms with Gasteiger partial charge in [0.1, 0.15) is 0 Å². The summed E-state index contributed by atoms with van der Waals surface area (Å²) in [6.07, 6.45) is 1.61. The Labute approximate surface area is 91.2 Å². The molecular weight excluding hydrogens is 248 g/mol. The van der Waals surface area contributed by atoms with Gasteiger partial charge in [-0.15, -0.1) is 11.3 Å². The molecule has 0 bridgehead atoms. The van der Waals surface area contributed by atoms with E-state index in [2.05, 4.69) is 40.4 Å². The molecule has 1 aliphatic rings. The number of alkyl halides is 1. The Balaban J connectivity index is 2.02. The molecule has 0 spiro atoms. The van der Waals surface area contributed by atoms with Crippen LogP contribution in [0.4, 0.5) is 0 Å². The van der Waals surface area contributed by atoms with Crippen LogP contribution in [0.25, 0.3) is 0 Å². The van der Waals surface area contributed by atoms with E-state index in [-0.39, 0.29) is 0 Å². The van der Waals surface area contributed by atoms with Crippen molar-refractivity contribution in [3.05, 3.63) is 22.4 Å². The maximum atomic E-state index is 5.56. The van der Waals surface area contributed by atoms with Gasteiger partial charge < -0.3 is 4.74 Å². The second-order valence-corrected chi connectivity index (χ2v) is 5.52. The first-order valence-corrected chi connectivity index (χ1v) is 6.36. The Morgan fingerprint density at radius 1 is 1.69 bits per heavy atom. The zero-order valence-electron chi connectivity index (χ0n) is 7.57. The molecule has 72 valence electrons. The highest BCUT2D eigenvalue weighted by molar-refractivity contribution is 9.09. The van der Waals surface area contributed by atoms with Crippen molar-refractivity contribution >= 4 is 27.3 Å². The van der Waals surface area contributed by atoms with Crippen LogP contribution in [0.15, 0.2) is 17.5 Å². The van der Waals surface area contributed by atoms with Crippen molar-refractivity contribution in [2.75, 3.05) is 6.61 Å². The van der Waals surface area contributed by atoms with Gasteiger partial charge in [-0.05, 0) is 24.8 Å². The van der Waals surface area contributed by atoms with E-state index < -0.39 is 0 Å². The van der Waals surface area contributed by atoms with Crippen LogP contribution in [-0.4, -0.2) is 12.7 Å². The average Bonchev–Trinajstić information content (AvgIpc) is 2.72. The van der Waals surface area contributed by atoms with Crippen LogP contribution in [0.1, 0.15) is 23.0 Å². The molecule has 2 rings (SSSR count). The SMILES string of the molecule is CC1CC(C(Br)c2cccs2)CO1. The molecule has 0 N–H and O–H groups in total. The van der Waals surface area contributed by atoms with Crippen LogP contribution in [-0.2, 0) is 4.74 Å². The standard InChI is InChI=1S/C10H13BrOS/c1-7-5-8(6-12-7)10(11)9-3-2-4-13-9/h2-4,7-8,10H,5-6H2,1H3. The summed E-state index contributed by atoms with van der Waals surface area (Å²) in [6.45, 7) is 3.04. The van der Waals surface area contributed by atoms with E-state index in [1.165, 1.54) is 11.3 Å². The normalized spacial score (nSPS) is 30.6. The smallest absolute Gasteiger partial charge is 0.0551 e. The molecule has 1 fully saturated rings. The first-order valence-electron chi connectivity index (χ1n) is 4.56. The van der Waals surface area contributed by atoms with E-state index in [9.17, 15) is 0 Å². The number of ether oxygens (including phenoxy) is 1. The summed E-state index contributed by atoms with van der Waals surface area (Å²) in [7, 11) is 0. The summed E-state index contributed by atoms with van der Waals surface area (Å²) in [5.41, 5.74) is 0. The fourth-order valence-electron chi connectivity index (χ4n) is 1.73. The summed E-state index contributed by atoms with van der Waals surface area (Å²) in [5.74, 6) is 0.647. The highest BCUT2D eigenvalue weighted by atomic mass is 79.9. The number of rotatable bonds is 2. The third-order valence-corrected chi connectivity index (χ3v) is 4.96. The molecule has 1 saturated heterocycles. The molecule has 3 unspecified atom stereocenters. The zero-order chi connectivity index (χ0) is 9.26. The highest BCUT2D eigenvalue weighted by Crippen LogP contribution is 2.39. The van der Waals surface area contributed by atoms with E-state index in [4.69, 9.17) is 4.74 Å². The van der Waals surface area contributed by atoms with Crippen molar-refractivity contribution in [1.29, 1.82) is 0 Å². The van der Waals surface area contributed by atoms with Gasteiger partial charge in [0, 0.05) is 10.8 Å². The molecule has 0 radical (unpaired) electrons. The van der Waals surface area contributed by atoms with Gasteiger partial charge in [0.15, 0.2) is 0 Å². The van der Waals surface area contributed by atoms with Gasteiger partial charge in [0.25, 0.3) is 0 Å². The van der Waals surface area contributed by atoms with Crippen LogP contribution in [0, 0.1) is 5.92 Å². The van der Waals surface area contributed by atoms with E-state index in [1.807, 2.05) is 11.3 Å². The predicted molar refractivity (Wildman–Crippen MR) is 59.5 cm³/mol. The lowest BCUT2D eigenvalue weighted by atomic mass is 10.0. The molecular formula is C10H13BrOS. The van der Waals surface area contributed by atoms with Gasteiger partial charge in [-0.1, -0.05) is 22.0 Å². The first kappa shape index (κ1) is 9.69. The fraction of sp³-hybridized carbons (Fsp3) is 0.600. The maximum Gasteiger partial charge on any atom is 0.0551 e. The molecule has 0 amide bonds. The largest absolute Gasteiger partial charge is 0.378 e. The minimum absolute atomic E-state index is 0.435. The Bertz CT molecular complexity index is 260. The minimum Gasteiger partial charge on any atom is -0.378 e. The van der Waals surface area contributed by atoms with Crippen LogP contribution >= 0.6 is 27.3 Å². The van der Waals surface area contributed by atoms with Gasteiger partial charge >= 0.3 is 0 Å². The number of thiophene rings is 1. The van der Waals surface area contributed by atoms with Crippen molar-refractivity contribution in [3.8, 4) is 0 Å². The molecule has 0 aromatic carbocycles. The predicted octanol–water partition coefficient (Wildman–Crippen LogP) is 3.61. The van der Waals surface area contributed by atoms with Crippen molar-refractivity contribution < 1.29 is 4.74 Å². The highest BCUT2D eigenvalue weighted by Gasteiger charge is 2.29. The van der Waals surface area contributed by atoms with Gasteiger partial charge in [-0.25, -0.2) is 0 Å². The van der Waals surface area contributed by atoms with Crippen molar-refractivity contribution in [2.45, 2.75) is 24.3 Å². The summed E-state index contributed by atoms with van der Waals surface area (Å²) in [5, 5.41) is 2.13. The quantitative estimate of drug-likeness (QED) is 0.739. The van der Waals surface area contributed by atoms with E-state index in [1.54, 1.807) is 0 Å². The topological polar surface area (TPSA) is 9.23 Å². The molecule has 13 heavy (non-hydrogen) atoms. The molecule has 3 atom stereocenters. The first-order chi connectivity index (χ1) is 6.27. The Morgan fingerprint density at radius 3 is 3.08 bits per heavy atom. The minimum atomic E-state index is 0.435. The third kappa shape index (κ3) is 2.14. The lowest BCUT2D eigenvalue weighted by Crippen LogP contribution is -2.05. The molecule has 1 aromatic rings. The summed E-state index contributed by atoms with van der Waals surface area (Å²) in [6, 6.07) is 4.29. The monoisotopic (exact) mass is 260 g/mol.